The Hall–Kier alpha value is -2.97. The molecule has 0 spiro atoms. The molecule has 0 saturated carbocycles. The molecule has 2 heterocycles. The van der Waals surface area contributed by atoms with Crippen molar-refractivity contribution in [2.45, 2.75) is 56.8 Å². The fourth-order valence-corrected chi connectivity index (χ4v) is 5.23. The van der Waals surface area contributed by atoms with Crippen molar-refractivity contribution in [3.8, 4) is 17.7 Å². The molecule has 37 heavy (non-hydrogen) atoms. The minimum absolute atomic E-state index is 0.0276. The number of carbonyl (C=O) groups is 1. The van der Waals surface area contributed by atoms with E-state index >= 15 is 0 Å². The smallest absolute Gasteiger partial charge is 0.259 e. The van der Waals surface area contributed by atoms with Crippen LogP contribution in [0.3, 0.4) is 0 Å². The van der Waals surface area contributed by atoms with E-state index in [-0.39, 0.29) is 47.9 Å². The Labute approximate surface area is 219 Å². The van der Waals surface area contributed by atoms with Gasteiger partial charge >= 0.3 is 0 Å². The van der Waals surface area contributed by atoms with Gasteiger partial charge < -0.3 is 19.8 Å². The molecule has 1 aliphatic rings. The highest BCUT2D eigenvalue weighted by Crippen LogP contribution is 2.28. The maximum absolute atomic E-state index is 13.5. The van der Waals surface area contributed by atoms with Crippen LogP contribution in [-0.2, 0) is 10.0 Å². The van der Waals surface area contributed by atoms with Gasteiger partial charge in [0.25, 0.3) is 5.91 Å². The van der Waals surface area contributed by atoms with Crippen LogP contribution in [0.2, 0.25) is 0 Å². The molecule has 200 valence electrons. The van der Waals surface area contributed by atoms with Crippen molar-refractivity contribution in [2.24, 2.45) is 5.92 Å². The number of pyridine rings is 1. The van der Waals surface area contributed by atoms with Crippen LogP contribution < -0.4 is 4.74 Å². The van der Waals surface area contributed by atoms with E-state index in [0.29, 0.717) is 12.0 Å². The van der Waals surface area contributed by atoms with Crippen molar-refractivity contribution in [3.63, 3.8) is 0 Å². The zero-order valence-corrected chi connectivity index (χ0v) is 22.5. The molecule has 0 fully saturated rings. The van der Waals surface area contributed by atoms with Crippen LogP contribution >= 0.6 is 0 Å². The highest BCUT2D eigenvalue weighted by Gasteiger charge is 2.35. The standard InChI is InChI=1S/C27H35N3O6S/c1-5-9-22(32)13-12-21-14-24-26(28-15-21)36-25(19(2)16-30(27(24)33)20(3)18-31)17-29(4)37(34,35)23-10-7-6-8-11-23/h6-8,10-11,14-15,19-20,22,25,31-32H,5,9,16-18H2,1-4H3/t19-,20+,22?,25-/m0/s1. The molecule has 0 bridgehead atoms. The van der Waals surface area contributed by atoms with Crippen LogP contribution in [0.4, 0.5) is 0 Å². The van der Waals surface area contributed by atoms with Crippen LogP contribution in [-0.4, -0.2) is 83.7 Å². The lowest BCUT2D eigenvalue weighted by molar-refractivity contribution is 0.0373. The number of hydrogen-bond acceptors (Lipinski definition) is 7. The summed E-state index contributed by atoms with van der Waals surface area (Å²) in [5.41, 5.74) is 0.610. The summed E-state index contributed by atoms with van der Waals surface area (Å²) < 4.78 is 33.7. The monoisotopic (exact) mass is 529 g/mol. The van der Waals surface area contributed by atoms with Crippen LogP contribution in [0.15, 0.2) is 47.5 Å². The van der Waals surface area contributed by atoms with Crippen molar-refractivity contribution in [1.82, 2.24) is 14.2 Å². The van der Waals surface area contributed by atoms with Gasteiger partial charge in [-0.15, -0.1) is 0 Å². The first kappa shape index (κ1) is 28.6. The summed E-state index contributed by atoms with van der Waals surface area (Å²) in [6.07, 6.45) is 1.38. The molecule has 4 atom stereocenters. The molecule has 2 aromatic rings. The third kappa shape index (κ3) is 6.87. The summed E-state index contributed by atoms with van der Waals surface area (Å²) in [5.74, 6) is 5.05. The molecule has 1 aromatic carbocycles. The Morgan fingerprint density at radius 2 is 2.00 bits per heavy atom. The molecule has 1 unspecified atom stereocenters. The lowest BCUT2D eigenvalue weighted by atomic mass is 10.0. The van der Waals surface area contributed by atoms with Crippen molar-refractivity contribution >= 4 is 15.9 Å². The molecule has 1 aromatic heterocycles. The van der Waals surface area contributed by atoms with Gasteiger partial charge in [0, 0.05) is 31.3 Å². The van der Waals surface area contributed by atoms with E-state index in [4.69, 9.17) is 4.74 Å². The number of rotatable bonds is 8. The Kier molecular flexibility index (Phi) is 9.68. The zero-order chi connectivity index (χ0) is 27.2. The average molecular weight is 530 g/mol. The first-order valence-electron chi connectivity index (χ1n) is 12.4. The van der Waals surface area contributed by atoms with Gasteiger partial charge in [-0.3, -0.25) is 4.79 Å². The van der Waals surface area contributed by atoms with Gasteiger partial charge in [-0.05, 0) is 31.5 Å². The summed E-state index contributed by atoms with van der Waals surface area (Å²) in [4.78, 5) is 19.6. The Bertz CT molecular complexity index is 1240. The molecular weight excluding hydrogens is 494 g/mol. The van der Waals surface area contributed by atoms with Gasteiger partial charge in [0.05, 0.1) is 24.1 Å². The third-order valence-electron chi connectivity index (χ3n) is 6.35. The topological polar surface area (TPSA) is 120 Å². The number of benzene rings is 1. The van der Waals surface area contributed by atoms with Gasteiger partial charge in [-0.25, -0.2) is 13.4 Å². The molecule has 0 saturated heterocycles. The van der Waals surface area contributed by atoms with Crippen LogP contribution in [0, 0.1) is 17.8 Å². The van der Waals surface area contributed by atoms with Crippen molar-refractivity contribution in [1.29, 1.82) is 0 Å². The fourth-order valence-electron chi connectivity index (χ4n) is 4.02. The van der Waals surface area contributed by atoms with Gasteiger partial charge in [-0.1, -0.05) is 50.3 Å². The van der Waals surface area contributed by atoms with Crippen LogP contribution in [0.25, 0.3) is 0 Å². The second-order valence-electron chi connectivity index (χ2n) is 9.37. The highest BCUT2D eigenvalue weighted by molar-refractivity contribution is 7.89. The SMILES string of the molecule is CCCC(O)C#Cc1cnc2c(c1)C(=O)N([C@H](C)CO)C[C@H](C)[C@H](CN(C)S(=O)(=O)c1ccccc1)O2. The zero-order valence-electron chi connectivity index (χ0n) is 21.7. The quantitative estimate of drug-likeness (QED) is 0.503. The van der Waals surface area contributed by atoms with E-state index in [1.54, 1.807) is 36.1 Å². The van der Waals surface area contributed by atoms with E-state index in [9.17, 15) is 23.4 Å². The van der Waals surface area contributed by atoms with Crippen molar-refractivity contribution in [2.75, 3.05) is 26.7 Å². The molecule has 2 N–H and O–H groups in total. The molecule has 1 amide bonds. The third-order valence-corrected chi connectivity index (χ3v) is 8.19. The number of ether oxygens (including phenoxy) is 1. The maximum Gasteiger partial charge on any atom is 0.259 e. The number of aromatic nitrogens is 1. The Morgan fingerprint density at radius 1 is 1.30 bits per heavy atom. The highest BCUT2D eigenvalue weighted by atomic mass is 32.2. The molecule has 3 rings (SSSR count). The first-order valence-corrected chi connectivity index (χ1v) is 13.8. The summed E-state index contributed by atoms with van der Waals surface area (Å²) in [7, 11) is -2.27. The normalized spacial score (nSPS) is 19.6. The van der Waals surface area contributed by atoms with Crippen LogP contribution in [0.5, 0.6) is 5.88 Å². The molecule has 0 aliphatic carbocycles. The summed E-state index contributed by atoms with van der Waals surface area (Å²) in [6.45, 7) is 5.60. The minimum atomic E-state index is -3.76. The average Bonchev–Trinajstić information content (AvgIpc) is 2.89. The predicted octanol–water partition coefficient (Wildman–Crippen LogP) is 2.13. The van der Waals surface area contributed by atoms with E-state index in [1.165, 1.54) is 29.7 Å². The fraction of sp³-hybridized carbons (Fsp3) is 0.481. The maximum atomic E-state index is 13.5. The predicted molar refractivity (Wildman–Crippen MR) is 139 cm³/mol. The summed E-state index contributed by atoms with van der Waals surface area (Å²) in [5, 5.41) is 19.8. The number of fused-ring (bicyclic) bond motifs is 1. The number of amides is 1. The molecule has 10 heteroatoms. The molecular formula is C27H35N3O6S. The number of aliphatic hydroxyl groups is 2. The molecule has 9 nitrogen and oxygen atoms in total. The van der Waals surface area contributed by atoms with Crippen LogP contribution in [0.1, 0.15) is 49.5 Å². The number of nitrogens with zero attached hydrogens (tertiary/aromatic N) is 3. The number of hydrogen-bond donors (Lipinski definition) is 2. The minimum Gasteiger partial charge on any atom is -0.472 e. The van der Waals surface area contributed by atoms with Gasteiger partial charge in [0.15, 0.2) is 0 Å². The van der Waals surface area contributed by atoms with Crippen molar-refractivity contribution in [3.05, 3.63) is 53.7 Å². The largest absolute Gasteiger partial charge is 0.472 e. The van der Waals surface area contributed by atoms with E-state index < -0.39 is 28.3 Å². The summed E-state index contributed by atoms with van der Waals surface area (Å²) >= 11 is 0. The Balaban J connectivity index is 1.97. The summed E-state index contributed by atoms with van der Waals surface area (Å²) in [6, 6.07) is 9.23. The van der Waals surface area contributed by atoms with E-state index in [0.717, 1.165) is 6.42 Å². The number of aliphatic hydroxyl groups excluding tert-OH is 2. The van der Waals surface area contributed by atoms with E-state index in [1.807, 2.05) is 13.8 Å². The van der Waals surface area contributed by atoms with Gasteiger partial charge in [-0.2, -0.15) is 4.31 Å². The first-order chi connectivity index (χ1) is 17.6. The van der Waals surface area contributed by atoms with Crippen molar-refractivity contribution < 1.29 is 28.2 Å². The molecule has 1 aliphatic heterocycles. The molecule has 0 radical (unpaired) electrons. The number of carbonyl (C=O) groups excluding carboxylic acids is 1. The number of sulfonamides is 1. The second-order valence-corrected chi connectivity index (χ2v) is 11.4. The van der Waals surface area contributed by atoms with Gasteiger partial charge in [0.2, 0.25) is 15.9 Å². The van der Waals surface area contributed by atoms with Gasteiger partial charge in [0.1, 0.15) is 17.8 Å². The second kappa shape index (κ2) is 12.5. The van der Waals surface area contributed by atoms with E-state index in [2.05, 4.69) is 16.8 Å². The Morgan fingerprint density at radius 3 is 2.65 bits per heavy atom. The number of likely N-dealkylation sites (N-methyl/N-ethyl adjacent to an activating group) is 1. The lowest BCUT2D eigenvalue weighted by Gasteiger charge is -2.37. The lowest BCUT2D eigenvalue weighted by Crippen LogP contribution is -2.50.